The smallest absolute Gasteiger partial charge is 0.297 e. The van der Waals surface area contributed by atoms with Gasteiger partial charge in [0.25, 0.3) is 5.91 Å². The molecule has 5 N–H and O–H groups in total. The number of hydroxylamine groups is 1. The molecule has 0 saturated carbocycles. The van der Waals surface area contributed by atoms with Gasteiger partial charge in [0.05, 0.1) is 6.61 Å². The number of nitrogens with one attached hydrogen (secondary N) is 2. The number of aromatic hydroxyl groups is 1. The molecule has 0 bridgehead atoms. The van der Waals surface area contributed by atoms with Crippen molar-refractivity contribution in [2.24, 2.45) is 0 Å². The predicted molar refractivity (Wildman–Crippen MR) is 78.0 cm³/mol. The summed E-state index contributed by atoms with van der Waals surface area (Å²) in [4.78, 5) is 15.1. The molecular weight excluding hydrogens is 305 g/mol. The summed E-state index contributed by atoms with van der Waals surface area (Å²) < 4.78 is 13.1. The van der Waals surface area contributed by atoms with Gasteiger partial charge in [-0.25, -0.2) is 14.9 Å². The van der Waals surface area contributed by atoms with Crippen LogP contribution in [0, 0.1) is 5.82 Å². The Hall–Kier alpha value is -2.55. The van der Waals surface area contributed by atoms with Crippen molar-refractivity contribution < 1.29 is 24.6 Å². The average molecular weight is 321 g/mol. The molecule has 0 spiro atoms. The highest BCUT2D eigenvalue weighted by Gasteiger charge is 2.18. The van der Waals surface area contributed by atoms with Crippen molar-refractivity contribution in [3.63, 3.8) is 0 Å². The van der Waals surface area contributed by atoms with Gasteiger partial charge in [0.15, 0.2) is 11.4 Å². The van der Waals surface area contributed by atoms with Gasteiger partial charge in [0.1, 0.15) is 5.82 Å². The molecule has 0 radical (unpaired) electrons. The van der Waals surface area contributed by atoms with Gasteiger partial charge >= 0.3 is 0 Å². The maximum Gasteiger partial charge on any atom is 0.297 e. The quantitative estimate of drug-likeness (QED) is 0.398. The zero-order chi connectivity index (χ0) is 16.8. The van der Waals surface area contributed by atoms with Crippen LogP contribution in [-0.2, 0) is 19.7 Å². The molecule has 23 heavy (non-hydrogen) atoms. The van der Waals surface area contributed by atoms with Crippen LogP contribution in [0.5, 0.6) is 5.75 Å². The first-order valence-electron chi connectivity index (χ1n) is 6.77. The number of carbonyl (C=O) groups is 1. The zero-order valence-electron chi connectivity index (χ0n) is 12.1. The molecule has 1 heterocycles. The molecule has 0 unspecified atom stereocenters. The molecule has 1 aromatic heterocycles. The molecule has 7 nitrogen and oxygen atoms in total. The van der Waals surface area contributed by atoms with E-state index in [9.17, 15) is 19.4 Å². The Labute approximate surface area is 131 Å². The van der Waals surface area contributed by atoms with Crippen molar-refractivity contribution in [2.45, 2.75) is 19.7 Å². The van der Waals surface area contributed by atoms with Crippen molar-refractivity contribution in [2.75, 3.05) is 0 Å². The number of pyridine rings is 1. The third-order valence-electron chi connectivity index (χ3n) is 3.26. The van der Waals surface area contributed by atoms with E-state index in [2.05, 4.69) is 10.3 Å². The summed E-state index contributed by atoms with van der Waals surface area (Å²) in [6, 6.07) is 6.10. The minimum absolute atomic E-state index is 0.130. The zero-order valence-corrected chi connectivity index (χ0v) is 12.1. The molecule has 0 aliphatic heterocycles. The van der Waals surface area contributed by atoms with Gasteiger partial charge in [-0.05, 0) is 23.3 Å². The lowest BCUT2D eigenvalue weighted by molar-refractivity contribution is 0.0697. The summed E-state index contributed by atoms with van der Waals surface area (Å²) in [6.07, 6.45) is 1.31. The van der Waals surface area contributed by atoms with E-state index < -0.39 is 18.3 Å². The standard InChI is InChI=1S/C15H16FN3O4/c16-11-3-1-2-9(4-11)5-17-6-10-7-18-13(15(22)19-23)14(21)12(10)8-20/h1-4,7,17,20-21,23H,5-6,8H2,(H,19,22). The monoisotopic (exact) mass is 321 g/mol. The van der Waals surface area contributed by atoms with E-state index in [0.29, 0.717) is 12.1 Å². The molecule has 1 aromatic carbocycles. The van der Waals surface area contributed by atoms with Crippen LogP contribution in [0.15, 0.2) is 30.5 Å². The number of halogens is 1. The molecule has 0 fully saturated rings. The van der Waals surface area contributed by atoms with E-state index in [0.717, 1.165) is 5.56 Å². The molecule has 1 amide bonds. The van der Waals surface area contributed by atoms with Crippen molar-refractivity contribution in [3.8, 4) is 5.75 Å². The van der Waals surface area contributed by atoms with E-state index >= 15 is 0 Å². The SMILES string of the molecule is O=C(NO)c1ncc(CNCc2cccc(F)c2)c(CO)c1O. The average Bonchev–Trinajstić information content (AvgIpc) is 2.54. The summed E-state index contributed by atoms with van der Waals surface area (Å²) in [6.45, 7) is 0.118. The van der Waals surface area contributed by atoms with Crippen LogP contribution in [0.3, 0.4) is 0 Å². The minimum Gasteiger partial charge on any atom is -0.505 e. The van der Waals surface area contributed by atoms with Gasteiger partial charge in [-0.15, -0.1) is 0 Å². The number of aliphatic hydroxyl groups is 1. The van der Waals surface area contributed by atoms with Crippen LogP contribution < -0.4 is 10.8 Å². The first kappa shape index (κ1) is 16.8. The minimum atomic E-state index is -0.975. The van der Waals surface area contributed by atoms with Gasteiger partial charge in [0, 0.05) is 24.8 Å². The molecule has 0 atom stereocenters. The molecule has 2 aromatic rings. The number of rotatable bonds is 6. The van der Waals surface area contributed by atoms with Crippen molar-refractivity contribution in [1.82, 2.24) is 15.8 Å². The summed E-state index contributed by atoms with van der Waals surface area (Å²) in [5.41, 5.74) is 2.34. The number of nitrogens with zero attached hydrogens (tertiary/aromatic N) is 1. The lowest BCUT2D eigenvalue weighted by atomic mass is 10.1. The number of aliphatic hydroxyl groups excluding tert-OH is 1. The Morgan fingerprint density at radius 3 is 2.74 bits per heavy atom. The fourth-order valence-corrected chi connectivity index (χ4v) is 2.11. The largest absolute Gasteiger partial charge is 0.505 e. The van der Waals surface area contributed by atoms with E-state index in [1.165, 1.54) is 23.8 Å². The van der Waals surface area contributed by atoms with Crippen LogP contribution >= 0.6 is 0 Å². The van der Waals surface area contributed by atoms with E-state index in [1.54, 1.807) is 12.1 Å². The first-order valence-corrected chi connectivity index (χ1v) is 6.77. The van der Waals surface area contributed by atoms with Crippen molar-refractivity contribution >= 4 is 5.91 Å². The highest BCUT2D eigenvalue weighted by Crippen LogP contribution is 2.24. The molecule has 2 rings (SSSR count). The van der Waals surface area contributed by atoms with Crippen LogP contribution in [0.25, 0.3) is 0 Å². The van der Waals surface area contributed by atoms with Gasteiger partial charge in [-0.1, -0.05) is 12.1 Å². The summed E-state index contributed by atoms with van der Waals surface area (Å²) >= 11 is 0. The van der Waals surface area contributed by atoms with Crippen LogP contribution in [0.2, 0.25) is 0 Å². The lowest BCUT2D eigenvalue weighted by Gasteiger charge is -2.12. The first-order chi connectivity index (χ1) is 11.1. The Kier molecular flexibility index (Phi) is 5.58. The third kappa shape index (κ3) is 4.01. The van der Waals surface area contributed by atoms with Gasteiger partial charge in [0.2, 0.25) is 0 Å². The Bertz CT molecular complexity index is 709. The summed E-state index contributed by atoms with van der Waals surface area (Å²) in [7, 11) is 0. The fourth-order valence-electron chi connectivity index (χ4n) is 2.11. The Balaban J connectivity index is 2.11. The molecule has 8 heteroatoms. The number of hydrogen-bond acceptors (Lipinski definition) is 6. The van der Waals surface area contributed by atoms with Crippen LogP contribution in [0.1, 0.15) is 27.2 Å². The number of hydrogen-bond donors (Lipinski definition) is 5. The van der Waals surface area contributed by atoms with Gasteiger partial charge in [-0.2, -0.15) is 0 Å². The third-order valence-corrected chi connectivity index (χ3v) is 3.26. The highest BCUT2D eigenvalue weighted by molar-refractivity contribution is 5.94. The molecule has 122 valence electrons. The maximum atomic E-state index is 13.1. The molecule has 0 aliphatic rings. The number of benzene rings is 1. The fraction of sp³-hybridized carbons (Fsp3) is 0.200. The maximum absolute atomic E-state index is 13.1. The second-order valence-electron chi connectivity index (χ2n) is 4.79. The number of amides is 1. The second kappa shape index (κ2) is 7.63. The Morgan fingerprint density at radius 1 is 1.30 bits per heavy atom. The lowest BCUT2D eigenvalue weighted by Crippen LogP contribution is -2.21. The van der Waals surface area contributed by atoms with Crippen LogP contribution in [-0.4, -0.2) is 26.3 Å². The van der Waals surface area contributed by atoms with E-state index in [1.807, 2.05) is 0 Å². The Morgan fingerprint density at radius 2 is 2.09 bits per heavy atom. The van der Waals surface area contributed by atoms with Gasteiger partial charge in [-0.3, -0.25) is 10.0 Å². The van der Waals surface area contributed by atoms with Crippen molar-refractivity contribution in [1.29, 1.82) is 0 Å². The van der Waals surface area contributed by atoms with Crippen molar-refractivity contribution in [3.05, 3.63) is 58.7 Å². The normalized spacial score (nSPS) is 10.6. The van der Waals surface area contributed by atoms with E-state index in [4.69, 9.17) is 5.21 Å². The molecule has 0 saturated heterocycles. The highest BCUT2D eigenvalue weighted by atomic mass is 19.1. The summed E-state index contributed by atoms with van der Waals surface area (Å²) in [5, 5.41) is 30.9. The van der Waals surface area contributed by atoms with Crippen LogP contribution in [0.4, 0.5) is 4.39 Å². The second-order valence-corrected chi connectivity index (χ2v) is 4.79. The molecular formula is C15H16FN3O4. The number of carbonyl (C=O) groups excluding carboxylic acids is 1. The topological polar surface area (TPSA) is 115 Å². The van der Waals surface area contributed by atoms with E-state index in [-0.39, 0.29) is 23.6 Å². The predicted octanol–water partition coefficient (Wildman–Crippen LogP) is 0.827. The number of aromatic nitrogens is 1. The van der Waals surface area contributed by atoms with Gasteiger partial charge < -0.3 is 15.5 Å². The molecule has 0 aliphatic carbocycles. The summed E-state index contributed by atoms with van der Waals surface area (Å²) in [5.74, 6) is -1.81.